The maximum absolute atomic E-state index is 6.54. The molecule has 0 heterocycles. The monoisotopic (exact) mass is 948 g/mol. The molecule has 10 aromatic carbocycles. The minimum Gasteiger partial charge on any atom is -0.457 e. The molecule has 0 unspecified atom stereocenters. The second-order valence-electron chi connectivity index (χ2n) is 20.7. The molecule has 0 aromatic heterocycles. The fourth-order valence-electron chi connectivity index (χ4n) is 10.8. The van der Waals surface area contributed by atoms with Gasteiger partial charge in [-0.2, -0.15) is 0 Å². The Morgan fingerprint density at radius 2 is 0.466 bits per heavy atom. The largest absolute Gasteiger partial charge is 0.457 e. The Morgan fingerprint density at radius 3 is 0.808 bits per heavy atom. The van der Waals surface area contributed by atoms with E-state index in [0.29, 0.717) is 0 Å². The summed E-state index contributed by atoms with van der Waals surface area (Å²) in [4.78, 5) is 0. The Balaban J connectivity index is 1.07. The van der Waals surface area contributed by atoms with Crippen LogP contribution < -0.4 is 9.47 Å². The van der Waals surface area contributed by atoms with Crippen molar-refractivity contribution in [2.45, 2.75) is 74.7 Å². The molecule has 0 bridgehead atoms. The Morgan fingerprint density at radius 1 is 0.205 bits per heavy atom. The van der Waals surface area contributed by atoms with Gasteiger partial charge in [0.05, 0.1) is 0 Å². The molecule has 0 N–H and O–H groups in total. The number of benzene rings is 10. The summed E-state index contributed by atoms with van der Waals surface area (Å²) >= 11 is 0. The average Bonchev–Trinajstić information content (AvgIpc) is 3.33. The van der Waals surface area contributed by atoms with Crippen LogP contribution in [0.4, 0.5) is 0 Å². The summed E-state index contributed by atoms with van der Waals surface area (Å²) in [7, 11) is 0. The molecule has 0 atom stereocenters. The van der Waals surface area contributed by atoms with Crippen LogP contribution in [0.5, 0.6) is 23.0 Å². The van der Waals surface area contributed by atoms with Gasteiger partial charge >= 0.3 is 0 Å². The number of hydrogen-bond acceptors (Lipinski definition) is 2. The minimum absolute atomic E-state index is 0.726. The van der Waals surface area contributed by atoms with Crippen LogP contribution in [0, 0.1) is 55.4 Å². The topological polar surface area (TPSA) is 18.5 Å². The first-order valence-corrected chi connectivity index (χ1v) is 25.6. The van der Waals surface area contributed by atoms with Crippen molar-refractivity contribution in [3.05, 3.63) is 284 Å². The summed E-state index contributed by atoms with van der Waals surface area (Å²) in [6.45, 7) is 17.2. The Labute approximate surface area is 433 Å². The summed E-state index contributed by atoms with van der Waals surface area (Å²) in [5.41, 5.74) is 26.9. The molecular formula is C71H64O2. The van der Waals surface area contributed by atoms with E-state index in [2.05, 4.69) is 250 Å². The van der Waals surface area contributed by atoms with Crippen molar-refractivity contribution >= 4 is 0 Å². The molecule has 10 aromatic rings. The van der Waals surface area contributed by atoms with Gasteiger partial charge in [-0.05, 0) is 235 Å². The molecule has 360 valence electrons. The summed E-state index contributed by atoms with van der Waals surface area (Å²) in [6, 6.07) is 75.9. The highest BCUT2D eigenvalue weighted by Gasteiger charge is 2.14. The van der Waals surface area contributed by atoms with E-state index in [0.717, 1.165) is 64.5 Å². The summed E-state index contributed by atoms with van der Waals surface area (Å²) in [6.07, 6.45) is 2.47. The Bertz CT molecular complexity index is 3100. The van der Waals surface area contributed by atoms with E-state index in [4.69, 9.17) is 9.47 Å². The lowest BCUT2D eigenvalue weighted by atomic mass is 9.90. The zero-order chi connectivity index (χ0) is 50.6. The van der Waals surface area contributed by atoms with Crippen molar-refractivity contribution in [1.82, 2.24) is 0 Å². The van der Waals surface area contributed by atoms with Gasteiger partial charge in [0.2, 0.25) is 0 Å². The molecule has 0 saturated heterocycles. The van der Waals surface area contributed by atoms with Crippen molar-refractivity contribution in [3.8, 4) is 67.5 Å². The second-order valence-corrected chi connectivity index (χ2v) is 20.7. The van der Waals surface area contributed by atoms with E-state index in [1.54, 1.807) is 0 Å². The quantitative estimate of drug-likeness (QED) is 0.108. The molecule has 10 rings (SSSR count). The molecule has 0 spiro atoms. The molecule has 0 aliphatic carbocycles. The second kappa shape index (κ2) is 21.3. The van der Waals surface area contributed by atoms with Gasteiger partial charge in [-0.3, -0.25) is 0 Å². The minimum atomic E-state index is 0.726. The van der Waals surface area contributed by atoms with Crippen LogP contribution in [-0.4, -0.2) is 0 Å². The van der Waals surface area contributed by atoms with Crippen LogP contribution >= 0.6 is 0 Å². The summed E-state index contributed by atoms with van der Waals surface area (Å²) in [5.74, 6) is 3.31. The summed E-state index contributed by atoms with van der Waals surface area (Å²) < 4.78 is 13.1. The van der Waals surface area contributed by atoms with Gasteiger partial charge < -0.3 is 9.47 Å². The first kappa shape index (κ1) is 48.4. The molecule has 0 saturated carbocycles. The van der Waals surface area contributed by atoms with E-state index in [9.17, 15) is 0 Å². The normalized spacial score (nSPS) is 11.2. The molecule has 0 fully saturated rings. The van der Waals surface area contributed by atoms with E-state index >= 15 is 0 Å². The number of aryl methyl sites for hydroxylation is 8. The zero-order valence-electron chi connectivity index (χ0n) is 43.6. The van der Waals surface area contributed by atoms with Crippen molar-refractivity contribution in [2.75, 3.05) is 0 Å². The van der Waals surface area contributed by atoms with Gasteiger partial charge in [-0.25, -0.2) is 0 Å². The first-order valence-electron chi connectivity index (χ1n) is 25.6. The number of rotatable bonds is 14. The molecule has 0 aliphatic rings. The van der Waals surface area contributed by atoms with Crippen LogP contribution in [0.1, 0.15) is 77.9 Å². The predicted molar refractivity (Wildman–Crippen MR) is 307 cm³/mol. The molecule has 2 nitrogen and oxygen atoms in total. The van der Waals surface area contributed by atoms with Crippen molar-refractivity contribution in [3.63, 3.8) is 0 Å². The molecule has 0 radical (unpaired) electrons. The van der Waals surface area contributed by atoms with Crippen LogP contribution in [0.3, 0.4) is 0 Å². The maximum Gasteiger partial charge on any atom is 0.128 e. The molecule has 0 amide bonds. The molecule has 0 aliphatic heterocycles. The fraction of sp³-hybridized carbons (Fsp3) is 0.155. The maximum atomic E-state index is 6.54. The third-order valence-corrected chi connectivity index (χ3v) is 13.5. The molecular weight excluding hydrogens is 885 g/mol. The van der Waals surface area contributed by atoms with Crippen LogP contribution in [-0.2, 0) is 19.3 Å². The highest BCUT2D eigenvalue weighted by Crippen LogP contribution is 2.37. The van der Waals surface area contributed by atoms with Gasteiger partial charge in [0.25, 0.3) is 0 Å². The lowest BCUT2D eigenvalue weighted by molar-refractivity contribution is 0.482. The third kappa shape index (κ3) is 12.5. The van der Waals surface area contributed by atoms with Crippen LogP contribution in [0.25, 0.3) is 44.5 Å². The molecule has 73 heavy (non-hydrogen) atoms. The lowest BCUT2D eigenvalue weighted by Gasteiger charge is -2.16. The number of hydrogen-bond donors (Lipinski definition) is 0. The van der Waals surface area contributed by atoms with Crippen molar-refractivity contribution in [2.24, 2.45) is 0 Å². The first-order chi connectivity index (χ1) is 35.3. The average molecular weight is 949 g/mol. The highest BCUT2D eigenvalue weighted by atomic mass is 16.5. The SMILES string of the molecule is Cc1cc(C)cc(Cc2cccc(-c3cc(Cc4cc(-c5cccc(Cc6cc(C)cc(C)c6)c5)cc(-c5cccc(Oc6cc(C)cc(C)c6)c5)c4)cc(-c4cccc(Oc5cc(C)cc(C)c5)c4)c3)c2)c1. The summed E-state index contributed by atoms with van der Waals surface area (Å²) in [5, 5.41) is 0. The van der Waals surface area contributed by atoms with Gasteiger partial charge in [0, 0.05) is 0 Å². The van der Waals surface area contributed by atoms with Crippen LogP contribution in [0.2, 0.25) is 0 Å². The third-order valence-electron chi connectivity index (χ3n) is 13.5. The smallest absolute Gasteiger partial charge is 0.128 e. The van der Waals surface area contributed by atoms with Crippen molar-refractivity contribution < 1.29 is 9.47 Å². The molecule has 2 heteroatoms. The van der Waals surface area contributed by atoms with Gasteiger partial charge in [-0.1, -0.05) is 168 Å². The Kier molecular flexibility index (Phi) is 14.1. The van der Waals surface area contributed by atoms with Gasteiger partial charge in [0.1, 0.15) is 23.0 Å². The predicted octanol–water partition coefficient (Wildman–Crippen LogP) is 19.2. The van der Waals surface area contributed by atoms with E-state index in [1.165, 1.54) is 100 Å². The van der Waals surface area contributed by atoms with Gasteiger partial charge in [-0.15, -0.1) is 0 Å². The van der Waals surface area contributed by atoms with Gasteiger partial charge in [0.15, 0.2) is 0 Å². The lowest BCUT2D eigenvalue weighted by Crippen LogP contribution is -1.96. The van der Waals surface area contributed by atoms with E-state index in [-0.39, 0.29) is 0 Å². The number of ether oxygens (including phenoxy) is 2. The fourth-order valence-corrected chi connectivity index (χ4v) is 10.8. The zero-order valence-corrected chi connectivity index (χ0v) is 43.6. The van der Waals surface area contributed by atoms with E-state index in [1.807, 2.05) is 12.1 Å². The standard InChI is InChI=1S/C71H64O2/c1-46-21-47(2)26-56(25-46)33-54-13-9-15-60(36-54)64-38-58(40-66(42-64)62-17-11-19-68(44-62)72-70-29-50(5)23-51(6)30-70)35-59-39-65(61-16-10-14-55(37-61)34-57-27-48(3)22-49(4)28-57)43-67(41-59)63-18-12-20-69(45-63)73-71-31-52(7)24-53(8)32-71/h9-32,36-45H,33-35H2,1-8H3. The van der Waals surface area contributed by atoms with Crippen molar-refractivity contribution in [1.29, 1.82) is 0 Å². The Hall–Kier alpha value is -8.20. The van der Waals surface area contributed by atoms with Crippen LogP contribution in [0.15, 0.2) is 206 Å². The van der Waals surface area contributed by atoms with E-state index < -0.39 is 0 Å². The highest BCUT2D eigenvalue weighted by molar-refractivity contribution is 5.78.